The fourth-order valence-electron chi connectivity index (χ4n) is 3.39. The van der Waals surface area contributed by atoms with Crippen LogP contribution in [0.25, 0.3) is 0 Å². The second-order valence-corrected chi connectivity index (χ2v) is 9.90. The summed E-state index contributed by atoms with van der Waals surface area (Å²) in [4.78, 5) is 4.61. The molecule has 0 aromatic heterocycles. The molecule has 2 rings (SSSR count). The minimum Gasteiger partial charge on any atom is -0.497 e. The highest BCUT2D eigenvalue weighted by Crippen LogP contribution is 2.15. The number of ether oxygens (including phenoxy) is 3. The SMILES string of the molecule is CCOCCCNC(=NCc1ccc(OC)cc1)NCCS(=O)(=O)N1C[C@H](C)O[C@@H](C)C1. The van der Waals surface area contributed by atoms with E-state index in [0.717, 1.165) is 17.7 Å². The molecule has 0 aliphatic carbocycles. The van der Waals surface area contributed by atoms with Crippen LogP contribution in [0.4, 0.5) is 0 Å². The van der Waals surface area contributed by atoms with Gasteiger partial charge in [-0.25, -0.2) is 13.4 Å². The molecule has 10 heteroatoms. The summed E-state index contributed by atoms with van der Waals surface area (Å²) >= 11 is 0. The van der Waals surface area contributed by atoms with Gasteiger partial charge in [-0.1, -0.05) is 12.1 Å². The lowest BCUT2D eigenvalue weighted by Gasteiger charge is -2.34. The van der Waals surface area contributed by atoms with Crippen LogP contribution < -0.4 is 15.4 Å². The first-order valence-electron chi connectivity index (χ1n) is 11.2. The van der Waals surface area contributed by atoms with E-state index in [4.69, 9.17) is 14.2 Å². The van der Waals surface area contributed by atoms with Crippen LogP contribution >= 0.6 is 0 Å². The van der Waals surface area contributed by atoms with Gasteiger partial charge < -0.3 is 24.8 Å². The first-order chi connectivity index (χ1) is 15.3. The maximum Gasteiger partial charge on any atom is 0.216 e. The van der Waals surface area contributed by atoms with E-state index < -0.39 is 10.0 Å². The molecule has 0 amide bonds. The van der Waals surface area contributed by atoms with E-state index in [-0.39, 0.29) is 24.5 Å². The molecule has 1 saturated heterocycles. The number of hydrogen-bond donors (Lipinski definition) is 2. The van der Waals surface area contributed by atoms with Crippen LogP contribution in [-0.2, 0) is 26.0 Å². The summed E-state index contributed by atoms with van der Waals surface area (Å²) in [6.07, 6.45) is 0.629. The summed E-state index contributed by atoms with van der Waals surface area (Å²) < 4.78 is 43.3. The summed E-state index contributed by atoms with van der Waals surface area (Å²) in [5.74, 6) is 1.37. The molecular formula is C22H38N4O5S. The van der Waals surface area contributed by atoms with Gasteiger partial charge in [0, 0.05) is 39.4 Å². The van der Waals surface area contributed by atoms with Gasteiger partial charge in [0.1, 0.15) is 5.75 Å². The molecule has 2 atom stereocenters. The van der Waals surface area contributed by atoms with Crippen molar-refractivity contribution < 1.29 is 22.6 Å². The highest BCUT2D eigenvalue weighted by Gasteiger charge is 2.30. The van der Waals surface area contributed by atoms with Gasteiger partial charge in [0.2, 0.25) is 10.0 Å². The fourth-order valence-corrected chi connectivity index (χ4v) is 4.88. The van der Waals surface area contributed by atoms with E-state index in [1.165, 1.54) is 4.31 Å². The first kappa shape index (κ1) is 26.4. The molecule has 0 saturated carbocycles. The monoisotopic (exact) mass is 470 g/mol. The van der Waals surface area contributed by atoms with Crippen LogP contribution in [0.15, 0.2) is 29.3 Å². The van der Waals surface area contributed by atoms with Crippen molar-refractivity contribution in [3.05, 3.63) is 29.8 Å². The van der Waals surface area contributed by atoms with Crippen molar-refractivity contribution in [1.82, 2.24) is 14.9 Å². The number of nitrogens with zero attached hydrogens (tertiary/aromatic N) is 2. The van der Waals surface area contributed by atoms with Crippen LogP contribution in [0.1, 0.15) is 32.8 Å². The topological polar surface area (TPSA) is 101 Å². The average Bonchev–Trinajstić information content (AvgIpc) is 2.76. The lowest BCUT2D eigenvalue weighted by Crippen LogP contribution is -2.50. The molecule has 32 heavy (non-hydrogen) atoms. The predicted molar refractivity (Wildman–Crippen MR) is 127 cm³/mol. The number of hydrogen-bond acceptors (Lipinski definition) is 6. The lowest BCUT2D eigenvalue weighted by atomic mass is 10.2. The Morgan fingerprint density at radius 3 is 2.44 bits per heavy atom. The smallest absolute Gasteiger partial charge is 0.216 e. The zero-order valence-electron chi connectivity index (χ0n) is 19.7. The molecule has 1 aromatic rings. The first-order valence-corrected chi connectivity index (χ1v) is 12.8. The van der Waals surface area contributed by atoms with Gasteiger partial charge in [0.05, 0.1) is 31.6 Å². The molecule has 1 heterocycles. The number of guanidine groups is 1. The summed E-state index contributed by atoms with van der Waals surface area (Å²) in [6, 6.07) is 7.70. The van der Waals surface area contributed by atoms with Gasteiger partial charge in [0.15, 0.2) is 5.96 Å². The number of nitrogens with one attached hydrogen (secondary N) is 2. The van der Waals surface area contributed by atoms with E-state index in [2.05, 4.69) is 15.6 Å². The Labute approximate surface area is 192 Å². The van der Waals surface area contributed by atoms with Crippen LogP contribution in [0.3, 0.4) is 0 Å². The molecule has 0 spiro atoms. The lowest BCUT2D eigenvalue weighted by molar-refractivity contribution is -0.0440. The van der Waals surface area contributed by atoms with Crippen LogP contribution in [0.5, 0.6) is 5.75 Å². The summed E-state index contributed by atoms with van der Waals surface area (Å²) in [5, 5.41) is 6.41. The van der Waals surface area contributed by atoms with E-state index >= 15 is 0 Å². The van der Waals surface area contributed by atoms with Crippen molar-refractivity contribution in [3.8, 4) is 5.75 Å². The van der Waals surface area contributed by atoms with Crippen LogP contribution in [0, 0.1) is 0 Å². The zero-order valence-corrected chi connectivity index (χ0v) is 20.5. The predicted octanol–water partition coefficient (Wildman–Crippen LogP) is 1.60. The third-order valence-corrected chi connectivity index (χ3v) is 6.78. The van der Waals surface area contributed by atoms with Crippen LogP contribution in [0.2, 0.25) is 0 Å². The van der Waals surface area contributed by atoms with Crippen molar-refractivity contribution in [2.75, 3.05) is 52.3 Å². The Morgan fingerprint density at radius 1 is 1.16 bits per heavy atom. The fraction of sp³-hybridized carbons (Fsp3) is 0.682. The third-order valence-electron chi connectivity index (χ3n) is 4.97. The normalized spacial score (nSPS) is 20.2. The molecule has 1 aliphatic heterocycles. The van der Waals surface area contributed by atoms with E-state index in [9.17, 15) is 8.42 Å². The standard InChI is InChI=1S/C22H38N4O5S/c1-5-30-13-6-11-23-22(25-15-20-7-9-21(29-4)10-8-20)24-12-14-32(27,28)26-16-18(2)31-19(3)17-26/h7-10,18-19H,5-6,11-17H2,1-4H3,(H2,23,24,25)/t18-,19-/m0/s1. The molecule has 0 unspecified atom stereocenters. The summed E-state index contributed by atoms with van der Waals surface area (Å²) in [6.45, 7) is 9.30. The molecular weight excluding hydrogens is 432 g/mol. The maximum absolute atomic E-state index is 12.8. The van der Waals surface area contributed by atoms with E-state index in [0.29, 0.717) is 45.4 Å². The number of aliphatic imine (C=N–C) groups is 1. The second-order valence-electron chi connectivity index (χ2n) is 7.81. The number of rotatable bonds is 12. The van der Waals surface area contributed by atoms with Crippen molar-refractivity contribution in [1.29, 1.82) is 0 Å². The molecule has 9 nitrogen and oxygen atoms in total. The van der Waals surface area contributed by atoms with Gasteiger partial charge in [-0.3, -0.25) is 0 Å². The minimum absolute atomic E-state index is 0.00534. The number of sulfonamides is 1. The Bertz CT molecular complexity index is 791. The quantitative estimate of drug-likeness (QED) is 0.272. The Balaban J connectivity index is 1.92. The minimum atomic E-state index is -3.38. The Hall–Kier alpha value is -1.88. The zero-order chi connectivity index (χ0) is 23.4. The van der Waals surface area contributed by atoms with E-state index in [1.54, 1.807) is 7.11 Å². The second kappa shape index (κ2) is 13.6. The van der Waals surface area contributed by atoms with Gasteiger partial charge >= 0.3 is 0 Å². The van der Waals surface area contributed by atoms with Crippen molar-refractivity contribution >= 4 is 16.0 Å². The van der Waals surface area contributed by atoms with Gasteiger partial charge in [0.25, 0.3) is 0 Å². The Kier molecular flexibility index (Phi) is 11.2. The highest BCUT2D eigenvalue weighted by molar-refractivity contribution is 7.89. The van der Waals surface area contributed by atoms with Crippen molar-refractivity contribution in [2.45, 2.75) is 45.9 Å². The highest BCUT2D eigenvalue weighted by atomic mass is 32.2. The van der Waals surface area contributed by atoms with Gasteiger partial charge in [-0.05, 0) is 44.9 Å². The van der Waals surface area contributed by atoms with Crippen molar-refractivity contribution in [3.63, 3.8) is 0 Å². The van der Waals surface area contributed by atoms with E-state index in [1.807, 2.05) is 45.0 Å². The molecule has 1 aliphatic rings. The molecule has 1 aromatic carbocycles. The summed E-state index contributed by atoms with van der Waals surface area (Å²) in [5.41, 5.74) is 1.03. The molecule has 0 radical (unpaired) electrons. The van der Waals surface area contributed by atoms with Crippen LogP contribution in [-0.4, -0.2) is 83.1 Å². The molecule has 0 bridgehead atoms. The van der Waals surface area contributed by atoms with Gasteiger partial charge in [-0.2, -0.15) is 4.31 Å². The number of morpholine rings is 1. The average molecular weight is 471 g/mol. The maximum atomic E-state index is 12.8. The van der Waals surface area contributed by atoms with Crippen molar-refractivity contribution in [2.24, 2.45) is 4.99 Å². The molecule has 182 valence electrons. The largest absolute Gasteiger partial charge is 0.497 e. The third kappa shape index (κ3) is 9.32. The number of methoxy groups -OCH3 is 1. The molecule has 1 fully saturated rings. The number of benzene rings is 1. The molecule has 2 N–H and O–H groups in total. The summed E-state index contributed by atoms with van der Waals surface area (Å²) in [7, 11) is -1.75. The van der Waals surface area contributed by atoms with Gasteiger partial charge in [-0.15, -0.1) is 0 Å². The Morgan fingerprint density at radius 2 is 1.81 bits per heavy atom.